The first-order chi connectivity index (χ1) is 13.2. The summed E-state index contributed by atoms with van der Waals surface area (Å²) in [7, 11) is 1.62. The molecule has 1 N–H and O–H groups in total. The Morgan fingerprint density at radius 2 is 1.71 bits per heavy atom. The molecule has 0 unspecified atom stereocenters. The van der Waals surface area contributed by atoms with E-state index in [2.05, 4.69) is 10.3 Å². The summed E-state index contributed by atoms with van der Waals surface area (Å²) in [5.41, 5.74) is 2.84. The smallest absolute Gasteiger partial charge is 0.161 e. The van der Waals surface area contributed by atoms with Gasteiger partial charge in [0.1, 0.15) is 6.61 Å². The second-order valence-corrected chi connectivity index (χ2v) is 6.71. The summed E-state index contributed by atoms with van der Waals surface area (Å²) in [6.45, 7) is 1.67. The van der Waals surface area contributed by atoms with E-state index in [9.17, 15) is 0 Å². The van der Waals surface area contributed by atoms with E-state index < -0.39 is 0 Å². The van der Waals surface area contributed by atoms with Crippen molar-refractivity contribution >= 4 is 23.2 Å². The van der Waals surface area contributed by atoms with Crippen molar-refractivity contribution in [2.45, 2.75) is 19.7 Å². The van der Waals surface area contributed by atoms with Crippen LogP contribution in [0.2, 0.25) is 10.0 Å². The Morgan fingerprint density at radius 3 is 2.39 bits per heavy atom. The number of ether oxygens (including phenoxy) is 2. The maximum absolute atomic E-state index is 6.19. The van der Waals surface area contributed by atoms with Gasteiger partial charge in [0.05, 0.1) is 12.8 Å². The maximum atomic E-state index is 6.19. The Labute approximate surface area is 181 Å². The molecule has 3 rings (SSSR count). The first-order valence-corrected chi connectivity index (χ1v) is 9.26. The minimum absolute atomic E-state index is 0. The third-order valence-electron chi connectivity index (χ3n) is 4.02. The van der Waals surface area contributed by atoms with E-state index in [1.165, 1.54) is 0 Å². The molecular formula is C21H20Cl3N2O2-. The average Bonchev–Trinajstić information content (AvgIpc) is 2.69. The number of nitrogens with zero attached hydrogens (tertiary/aromatic N) is 1. The molecule has 1 aromatic heterocycles. The van der Waals surface area contributed by atoms with Crippen LogP contribution in [0.25, 0.3) is 0 Å². The number of methoxy groups -OCH3 is 1. The van der Waals surface area contributed by atoms with Gasteiger partial charge >= 0.3 is 0 Å². The number of halogens is 3. The molecule has 7 heteroatoms. The maximum Gasteiger partial charge on any atom is 0.161 e. The zero-order valence-corrected chi connectivity index (χ0v) is 17.6. The standard InChI is InChI=1S/C21H20Cl2N2O2.ClH/c1-26-21-11-15(12-24-13-16-5-2-3-10-25-16)8-9-20(21)27-14-17-18(22)6-4-7-19(17)23;/h2-11,24H,12-14H2,1H3;1H/p-1. The third kappa shape index (κ3) is 6.01. The Hall–Kier alpha value is -1.98. The Kier molecular flexibility index (Phi) is 8.87. The predicted octanol–water partition coefficient (Wildman–Crippen LogP) is 2.27. The minimum Gasteiger partial charge on any atom is -1.00 e. The van der Waals surface area contributed by atoms with E-state index >= 15 is 0 Å². The number of hydrogen-bond acceptors (Lipinski definition) is 4. The molecule has 0 saturated heterocycles. The number of nitrogens with one attached hydrogen (secondary N) is 1. The van der Waals surface area contributed by atoms with E-state index in [4.69, 9.17) is 32.7 Å². The quantitative estimate of drug-likeness (QED) is 0.586. The van der Waals surface area contributed by atoms with Gasteiger partial charge in [0.2, 0.25) is 0 Å². The molecule has 3 aromatic rings. The van der Waals surface area contributed by atoms with E-state index in [1.807, 2.05) is 42.5 Å². The lowest BCUT2D eigenvalue weighted by Crippen LogP contribution is -3.00. The van der Waals surface area contributed by atoms with Gasteiger partial charge < -0.3 is 27.2 Å². The number of aromatic nitrogens is 1. The van der Waals surface area contributed by atoms with Gasteiger partial charge in [-0.1, -0.05) is 41.4 Å². The van der Waals surface area contributed by atoms with Crippen molar-refractivity contribution in [1.82, 2.24) is 10.3 Å². The lowest BCUT2D eigenvalue weighted by atomic mass is 10.2. The summed E-state index contributed by atoms with van der Waals surface area (Å²) < 4.78 is 11.3. The van der Waals surface area contributed by atoms with Gasteiger partial charge in [0.25, 0.3) is 0 Å². The zero-order chi connectivity index (χ0) is 19.1. The van der Waals surface area contributed by atoms with Gasteiger partial charge in [0, 0.05) is 34.9 Å². The third-order valence-corrected chi connectivity index (χ3v) is 4.73. The molecule has 1 heterocycles. The van der Waals surface area contributed by atoms with Crippen LogP contribution in [0.4, 0.5) is 0 Å². The first kappa shape index (κ1) is 22.3. The van der Waals surface area contributed by atoms with Crippen molar-refractivity contribution in [3.05, 3.63) is 87.7 Å². The van der Waals surface area contributed by atoms with Crippen LogP contribution in [0.5, 0.6) is 11.5 Å². The van der Waals surface area contributed by atoms with Gasteiger partial charge in [0.15, 0.2) is 11.5 Å². The highest BCUT2D eigenvalue weighted by molar-refractivity contribution is 6.35. The minimum atomic E-state index is 0. The molecule has 0 aliphatic heterocycles. The molecule has 0 aliphatic carbocycles. The highest BCUT2D eigenvalue weighted by atomic mass is 35.5. The molecule has 0 saturated carbocycles. The molecule has 0 fully saturated rings. The highest BCUT2D eigenvalue weighted by Crippen LogP contribution is 2.31. The largest absolute Gasteiger partial charge is 1.00 e. The molecule has 28 heavy (non-hydrogen) atoms. The number of rotatable bonds is 8. The van der Waals surface area contributed by atoms with Gasteiger partial charge in [-0.2, -0.15) is 0 Å². The summed E-state index contributed by atoms with van der Waals surface area (Å²) in [5.74, 6) is 1.30. The average molecular weight is 439 g/mol. The van der Waals surface area contributed by atoms with Crippen LogP contribution in [0, 0.1) is 0 Å². The van der Waals surface area contributed by atoms with Crippen LogP contribution in [0.1, 0.15) is 16.8 Å². The topological polar surface area (TPSA) is 43.4 Å². The Morgan fingerprint density at radius 1 is 0.929 bits per heavy atom. The first-order valence-electron chi connectivity index (χ1n) is 8.50. The van der Waals surface area contributed by atoms with E-state index in [1.54, 1.807) is 25.4 Å². The summed E-state index contributed by atoms with van der Waals surface area (Å²) in [5, 5.41) is 4.53. The van der Waals surface area contributed by atoms with Crippen molar-refractivity contribution in [3.63, 3.8) is 0 Å². The van der Waals surface area contributed by atoms with Crippen molar-refractivity contribution in [2.75, 3.05) is 7.11 Å². The Balaban J connectivity index is 0.00000280. The molecule has 0 bridgehead atoms. The second kappa shape index (κ2) is 11.1. The van der Waals surface area contributed by atoms with Gasteiger partial charge in [-0.15, -0.1) is 0 Å². The summed E-state index contributed by atoms with van der Waals surface area (Å²) >= 11 is 12.4. The normalized spacial score (nSPS) is 10.2. The van der Waals surface area contributed by atoms with Crippen LogP contribution in [-0.4, -0.2) is 12.1 Å². The van der Waals surface area contributed by atoms with E-state index in [-0.39, 0.29) is 19.0 Å². The molecule has 4 nitrogen and oxygen atoms in total. The fourth-order valence-electron chi connectivity index (χ4n) is 2.60. The summed E-state index contributed by atoms with van der Waals surface area (Å²) in [6, 6.07) is 17.1. The zero-order valence-electron chi connectivity index (χ0n) is 15.3. The lowest BCUT2D eigenvalue weighted by molar-refractivity contribution is -0.00000594. The monoisotopic (exact) mass is 437 g/mol. The van der Waals surface area contributed by atoms with Crippen molar-refractivity contribution in [3.8, 4) is 11.5 Å². The van der Waals surface area contributed by atoms with E-state index in [0.717, 1.165) is 16.8 Å². The fraction of sp³-hybridized carbons (Fsp3) is 0.190. The van der Waals surface area contributed by atoms with Crippen LogP contribution in [0.3, 0.4) is 0 Å². The number of benzene rings is 2. The fourth-order valence-corrected chi connectivity index (χ4v) is 3.11. The molecular weight excluding hydrogens is 419 g/mol. The second-order valence-electron chi connectivity index (χ2n) is 5.90. The van der Waals surface area contributed by atoms with Gasteiger partial charge in [-0.3, -0.25) is 4.98 Å². The summed E-state index contributed by atoms with van der Waals surface area (Å²) in [4.78, 5) is 4.30. The van der Waals surface area contributed by atoms with Crippen LogP contribution >= 0.6 is 23.2 Å². The predicted molar refractivity (Wildman–Crippen MR) is 109 cm³/mol. The van der Waals surface area contributed by atoms with Crippen LogP contribution in [-0.2, 0) is 19.7 Å². The molecule has 0 atom stereocenters. The molecule has 0 radical (unpaired) electrons. The molecule has 148 valence electrons. The van der Waals surface area contributed by atoms with Crippen LogP contribution in [0.15, 0.2) is 60.8 Å². The van der Waals surface area contributed by atoms with E-state index in [0.29, 0.717) is 34.6 Å². The van der Waals surface area contributed by atoms with Crippen molar-refractivity contribution in [1.29, 1.82) is 0 Å². The van der Waals surface area contributed by atoms with Crippen molar-refractivity contribution in [2.24, 2.45) is 0 Å². The molecule has 0 aliphatic rings. The lowest BCUT2D eigenvalue weighted by Gasteiger charge is -2.14. The molecule has 0 amide bonds. The van der Waals surface area contributed by atoms with Gasteiger partial charge in [-0.05, 0) is 42.0 Å². The SMILES string of the molecule is COc1cc(CNCc2ccccn2)ccc1OCc1c(Cl)cccc1Cl.[Cl-]. The number of hydrogen-bond donors (Lipinski definition) is 1. The highest BCUT2D eigenvalue weighted by Gasteiger charge is 2.10. The molecule has 0 spiro atoms. The van der Waals surface area contributed by atoms with Crippen LogP contribution < -0.4 is 27.2 Å². The van der Waals surface area contributed by atoms with Crippen molar-refractivity contribution < 1.29 is 21.9 Å². The molecule has 2 aromatic carbocycles. The van der Waals surface area contributed by atoms with Gasteiger partial charge in [-0.25, -0.2) is 0 Å². The Bertz CT molecular complexity index is 872. The summed E-state index contributed by atoms with van der Waals surface area (Å²) in [6.07, 6.45) is 1.79. The number of pyridine rings is 1.